The number of aromatic nitrogens is 3. The number of rotatable bonds is 3. The van der Waals surface area contributed by atoms with Crippen molar-refractivity contribution in [3.63, 3.8) is 0 Å². The van der Waals surface area contributed by atoms with Crippen molar-refractivity contribution in [2.24, 2.45) is 0 Å². The fourth-order valence-electron chi connectivity index (χ4n) is 1.69. The SMILES string of the molecule is O=C(Nc1ccc(-n2ccnc2)nc1)C1=COCCO1. The second-order valence-electron chi connectivity index (χ2n) is 4.03. The number of ether oxygens (including phenoxy) is 2. The van der Waals surface area contributed by atoms with Crippen molar-refractivity contribution in [2.45, 2.75) is 0 Å². The molecule has 102 valence electrons. The predicted octanol–water partition coefficient (Wildman–Crippen LogP) is 1.09. The van der Waals surface area contributed by atoms with E-state index in [0.29, 0.717) is 18.9 Å². The van der Waals surface area contributed by atoms with Gasteiger partial charge in [-0.15, -0.1) is 0 Å². The lowest BCUT2D eigenvalue weighted by Crippen LogP contribution is -2.21. The van der Waals surface area contributed by atoms with Crippen LogP contribution >= 0.6 is 0 Å². The molecule has 0 saturated carbocycles. The molecule has 0 atom stereocenters. The van der Waals surface area contributed by atoms with Crippen LogP contribution in [0.1, 0.15) is 0 Å². The molecule has 2 aromatic heterocycles. The summed E-state index contributed by atoms with van der Waals surface area (Å²) in [5.41, 5.74) is 0.578. The molecule has 2 aromatic rings. The third-order valence-electron chi connectivity index (χ3n) is 2.65. The number of nitrogens with one attached hydrogen (secondary N) is 1. The Balaban J connectivity index is 1.69. The summed E-state index contributed by atoms with van der Waals surface area (Å²) in [4.78, 5) is 20.0. The van der Waals surface area contributed by atoms with E-state index < -0.39 is 0 Å². The van der Waals surface area contributed by atoms with E-state index in [1.165, 1.54) is 6.26 Å². The van der Waals surface area contributed by atoms with Gasteiger partial charge in [0.2, 0.25) is 5.76 Å². The Bertz CT molecular complexity index is 620. The van der Waals surface area contributed by atoms with Gasteiger partial charge in [-0.1, -0.05) is 0 Å². The fraction of sp³-hybridized carbons (Fsp3) is 0.154. The molecule has 1 aliphatic heterocycles. The molecule has 7 nitrogen and oxygen atoms in total. The number of carbonyl (C=O) groups is 1. The quantitative estimate of drug-likeness (QED) is 0.905. The Morgan fingerprint density at radius 2 is 2.30 bits per heavy atom. The number of pyridine rings is 1. The first-order valence-corrected chi connectivity index (χ1v) is 6.03. The summed E-state index contributed by atoms with van der Waals surface area (Å²) < 4.78 is 12.0. The normalized spacial score (nSPS) is 13.9. The topological polar surface area (TPSA) is 78.3 Å². The van der Waals surface area contributed by atoms with Crippen LogP contribution in [-0.4, -0.2) is 33.7 Å². The molecule has 0 unspecified atom stereocenters. The highest BCUT2D eigenvalue weighted by Crippen LogP contribution is 2.12. The molecule has 3 heterocycles. The van der Waals surface area contributed by atoms with E-state index in [-0.39, 0.29) is 11.7 Å². The lowest BCUT2D eigenvalue weighted by atomic mass is 10.3. The summed E-state index contributed by atoms with van der Waals surface area (Å²) in [7, 11) is 0. The molecule has 0 bridgehead atoms. The first-order chi connectivity index (χ1) is 9.83. The van der Waals surface area contributed by atoms with Crippen molar-refractivity contribution in [2.75, 3.05) is 18.5 Å². The maximum absolute atomic E-state index is 11.9. The van der Waals surface area contributed by atoms with Gasteiger partial charge in [-0.3, -0.25) is 9.36 Å². The van der Waals surface area contributed by atoms with Crippen molar-refractivity contribution in [1.82, 2.24) is 14.5 Å². The summed E-state index contributed by atoms with van der Waals surface area (Å²) >= 11 is 0. The second-order valence-corrected chi connectivity index (χ2v) is 4.03. The molecule has 1 N–H and O–H groups in total. The third kappa shape index (κ3) is 2.61. The highest BCUT2D eigenvalue weighted by atomic mass is 16.6. The average molecular weight is 272 g/mol. The lowest BCUT2D eigenvalue weighted by Gasteiger charge is -2.15. The Labute approximate surface area is 114 Å². The van der Waals surface area contributed by atoms with E-state index in [2.05, 4.69) is 15.3 Å². The van der Waals surface area contributed by atoms with Crippen LogP contribution in [0.4, 0.5) is 5.69 Å². The molecule has 3 rings (SSSR count). The standard InChI is InChI=1S/C13H12N4O3/c18-13(11-8-19-5-6-20-11)16-10-1-2-12(15-7-10)17-4-3-14-9-17/h1-4,7-9H,5-6H2,(H,16,18). The second kappa shape index (κ2) is 5.43. The molecular formula is C13H12N4O3. The first kappa shape index (κ1) is 12.2. The summed E-state index contributed by atoms with van der Waals surface area (Å²) in [6.07, 6.45) is 7.99. The van der Waals surface area contributed by atoms with Gasteiger partial charge in [-0.2, -0.15) is 0 Å². The van der Waals surface area contributed by atoms with Gasteiger partial charge in [0, 0.05) is 12.4 Å². The minimum atomic E-state index is -0.359. The molecule has 20 heavy (non-hydrogen) atoms. The van der Waals surface area contributed by atoms with E-state index in [0.717, 1.165) is 5.82 Å². The number of hydrogen-bond donors (Lipinski definition) is 1. The molecule has 0 spiro atoms. The summed E-state index contributed by atoms with van der Waals surface area (Å²) in [5, 5.41) is 2.68. The molecule has 0 radical (unpaired) electrons. The number of imidazole rings is 1. The number of hydrogen-bond acceptors (Lipinski definition) is 5. The zero-order valence-corrected chi connectivity index (χ0v) is 10.5. The average Bonchev–Trinajstić information content (AvgIpc) is 3.03. The van der Waals surface area contributed by atoms with Gasteiger partial charge >= 0.3 is 0 Å². The minimum absolute atomic E-state index is 0.162. The van der Waals surface area contributed by atoms with Crippen molar-refractivity contribution < 1.29 is 14.3 Å². The van der Waals surface area contributed by atoms with E-state index in [1.807, 2.05) is 0 Å². The Morgan fingerprint density at radius 1 is 1.35 bits per heavy atom. The van der Waals surface area contributed by atoms with Gasteiger partial charge < -0.3 is 14.8 Å². The zero-order valence-electron chi connectivity index (χ0n) is 10.5. The molecule has 0 aliphatic carbocycles. The van der Waals surface area contributed by atoms with Crippen LogP contribution in [0.2, 0.25) is 0 Å². The van der Waals surface area contributed by atoms with Crippen molar-refractivity contribution in [1.29, 1.82) is 0 Å². The lowest BCUT2D eigenvalue weighted by molar-refractivity contribution is -0.117. The third-order valence-corrected chi connectivity index (χ3v) is 2.65. The largest absolute Gasteiger partial charge is 0.494 e. The number of nitrogens with zero attached hydrogens (tertiary/aromatic N) is 3. The van der Waals surface area contributed by atoms with Crippen molar-refractivity contribution in [3.05, 3.63) is 49.1 Å². The smallest absolute Gasteiger partial charge is 0.294 e. The van der Waals surface area contributed by atoms with Gasteiger partial charge in [0.05, 0.1) is 11.9 Å². The van der Waals surface area contributed by atoms with Crippen molar-refractivity contribution >= 4 is 11.6 Å². The van der Waals surface area contributed by atoms with Crippen LogP contribution in [-0.2, 0) is 14.3 Å². The summed E-state index contributed by atoms with van der Waals surface area (Å²) in [6.45, 7) is 0.828. The molecule has 1 aliphatic rings. The number of anilines is 1. The van der Waals surface area contributed by atoms with Crippen LogP contribution in [0, 0.1) is 0 Å². The van der Waals surface area contributed by atoms with E-state index in [9.17, 15) is 4.79 Å². The molecule has 0 fully saturated rings. The van der Waals surface area contributed by atoms with Crippen LogP contribution in [0.15, 0.2) is 49.1 Å². The molecule has 7 heteroatoms. The zero-order chi connectivity index (χ0) is 13.8. The molecular weight excluding hydrogens is 260 g/mol. The van der Waals surface area contributed by atoms with Crippen molar-refractivity contribution in [3.8, 4) is 5.82 Å². The molecule has 1 amide bonds. The van der Waals surface area contributed by atoms with Crippen LogP contribution < -0.4 is 5.32 Å². The van der Waals surface area contributed by atoms with Gasteiger partial charge in [0.25, 0.3) is 5.91 Å². The maximum atomic E-state index is 11.9. The molecule has 0 aromatic carbocycles. The fourth-order valence-corrected chi connectivity index (χ4v) is 1.69. The van der Waals surface area contributed by atoms with Crippen LogP contribution in [0.3, 0.4) is 0 Å². The highest BCUT2D eigenvalue weighted by Gasteiger charge is 2.15. The minimum Gasteiger partial charge on any atom is -0.494 e. The van der Waals surface area contributed by atoms with Crippen LogP contribution in [0.5, 0.6) is 0 Å². The van der Waals surface area contributed by atoms with E-state index in [4.69, 9.17) is 9.47 Å². The molecule has 0 saturated heterocycles. The summed E-state index contributed by atoms with van der Waals surface area (Å²) in [6, 6.07) is 3.54. The maximum Gasteiger partial charge on any atom is 0.294 e. The first-order valence-electron chi connectivity index (χ1n) is 6.03. The van der Waals surface area contributed by atoms with Gasteiger partial charge in [-0.25, -0.2) is 9.97 Å². The Morgan fingerprint density at radius 3 is 2.95 bits per heavy atom. The predicted molar refractivity (Wildman–Crippen MR) is 70.0 cm³/mol. The van der Waals surface area contributed by atoms with Gasteiger partial charge in [-0.05, 0) is 12.1 Å². The van der Waals surface area contributed by atoms with Gasteiger partial charge in [0.1, 0.15) is 31.6 Å². The number of amides is 1. The Hall–Kier alpha value is -2.83. The summed E-state index contributed by atoms with van der Waals surface area (Å²) in [5.74, 6) is 0.522. The van der Waals surface area contributed by atoms with Crippen LogP contribution in [0.25, 0.3) is 5.82 Å². The highest BCUT2D eigenvalue weighted by molar-refractivity contribution is 6.02. The monoisotopic (exact) mass is 272 g/mol. The Kier molecular flexibility index (Phi) is 3.32. The van der Waals surface area contributed by atoms with Gasteiger partial charge in [0.15, 0.2) is 0 Å². The van der Waals surface area contributed by atoms with E-state index >= 15 is 0 Å². The number of carbonyl (C=O) groups excluding carboxylic acids is 1. The van der Waals surface area contributed by atoms with E-state index in [1.54, 1.807) is 41.6 Å².